The van der Waals surface area contributed by atoms with Gasteiger partial charge in [-0.3, -0.25) is 0 Å². The van der Waals surface area contributed by atoms with Crippen molar-refractivity contribution in [2.75, 3.05) is 7.11 Å². The standard InChI is InChI=1S/C10H17NO/c1-10(2,3)9-6-8(12-5)7-11(9)4/h6-7H,1-5H3. The van der Waals surface area contributed by atoms with Crippen molar-refractivity contribution in [1.82, 2.24) is 4.57 Å². The highest BCUT2D eigenvalue weighted by Crippen LogP contribution is 2.26. The van der Waals surface area contributed by atoms with Gasteiger partial charge in [-0.05, 0) is 0 Å². The van der Waals surface area contributed by atoms with Crippen LogP contribution in [0.5, 0.6) is 5.75 Å². The third kappa shape index (κ3) is 1.63. The molecule has 0 unspecified atom stereocenters. The molecule has 0 atom stereocenters. The van der Waals surface area contributed by atoms with Gasteiger partial charge in [0.2, 0.25) is 0 Å². The van der Waals surface area contributed by atoms with Crippen molar-refractivity contribution in [3.63, 3.8) is 0 Å². The van der Waals surface area contributed by atoms with E-state index in [-0.39, 0.29) is 5.41 Å². The molecule has 0 radical (unpaired) electrons. The molecule has 0 spiro atoms. The van der Waals surface area contributed by atoms with Gasteiger partial charge in [0.25, 0.3) is 0 Å². The molecule has 0 aromatic carbocycles. The van der Waals surface area contributed by atoms with Crippen LogP contribution >= 0.6 is 0 Å². The first-order valence-corrected chi connectivity index (χ1v) is 4.16. The van der Waals surface area contributed by atoms with Gasteiger partial charge in [0, 0.05) is 30.4 Å². The van der Waals surface area contributed by atoms with Gasteiger partial charge in [0.05, 0.1) is 7.11 Å². The van der Waals surface area contributed by atoms with Crippen LogP contribution in [0, 0.1) is 0 Å². The minimum absolute atomic E-state index is 0.186. The molecule has 0 saturated heterocycles. The van der Waals surface area contributed by atoms with Crippen LogP contribution in [0.1, 0.15) is 26.5 Å². The molecule has 2 nitrogen and oxygen atoms in total. The van der Waals surface area contributed by atoms with E-state index in [4.69, 9.17) is 4.74 Å². The Bertz CT molecular complexity index is 268. The first-order chi connectivity index (χ1) is 5.45. The van der Waals surface area contributed by atoms with Crippen LogP contribution in [-0.2, 0) is 12.5 Å². The van der Waals surface area contributed by atoms with Crippen LogP contribution in [0.25, 0.3) is 0 Å². The second-order valence-corrected chi connectivity index (χ2v) is 4.13. The Kier molecular flexibility index (Phi) is 2.18. The predicted octanol–water partition coefficient (Wildman–Crippen LogP) is 2.33. The van der Waals surface area contributed by atoms with Crippen LogP contribution in [0.4, 0.5) is 0 Å². The van der Waals surface area contributed by atoms with Gasteiger partial charge < -0.3 is 9.30 Å². The topological polar surface area (TPSA) is 14.2 Å². The van der Waals surface area contributed by atoms with Crippen molar-refractivity contribution in [2.24, 2.45) is 7.05 Å². The third-order valence-corrected chi connectivity index (χ3v) is 1.98. The van der Waals surface area contributed by atoms with E-state index >= 15 is 0 Å². The molecule has 0 aliphatic heterocycles. The molecule has 1 aromatic heterocycles. The Morgan fingerprint density at radius 1 is 1.33 bits per heavy atom. The van der Waals surface area contributed by atoms with E-state index in [0.29, 0.717) is 0 Å². The molecule has 1 heterocycles. The summed E-state index contributed by atoms with van der Waals surface area (Å²) in [4.78, 5) is 0. The number of ether oxygens (including phenoxy) is 1. The molecular weight excluding hydrogens is 150 g/mol. The molecule has 0 N–H and O–H groups in total. The van der Waals surface area contributed by atoms with Gasteiger partial charge in [0.15, 0.2) is 0 Å². The first-order valence-electron chi connectivity index (χ1n) is 4.16. The second kappa shape index (κ2) is 2.85. The quantitative estimate of drug-likeness (QED) is 0.626. The fourth-order valence-corrected chi connectivity index (χ4v) is 1.39. The highest BCUT2D eigenvalue weighted by Gasteiger charge is 2.18. The van der Waals surface area contributed by atoms with Gasteiger partial charge in [0.1, 0.15) is 5.75 Å². The van der Waals surface area contributed by atoms with Crippen molar-refractivity contribution in [2.45, 2.75) is 26.2 Å². The fourth-order valence-electron chi connectivity index (χ4n) is 1.39. The van der Waals surface area contributed by atoms with E-state index in [1.807, 2.05) is 13.2 Å². The van der Waals surface area contributed by atoms with Gasteiger partial charge in [-0.2, -0.15) is 0 Å². The minimum atomic E-state index is 0.186. The summed E-state index contributed by atoms with van der Waals surface area (Å²) < 4.78 is 7.26. The minimum Gasteiger partial charge on any atom is -0.495 e. The SMILES string of the molecule is COc1cc(C(C)(C)C)n(C)c1. The Labute approximate surface area is 74.2 Å². The van der Waals surface area contributed by atoms with Crippen molar-refractivity contribution in [3.8, 4) is 5.75 Å². The number of hydrogen-bond donors (Lipinski definition) is 0. The maximum Gasteiger partial charge on any atom is 0.136 e. The molecular formula is C10H17NO. The predicted molar refractivity (Wildman–Crippen MR) is 50.7 cm³/mol. The second-order valence-electron chi connectivity index (χ2n) is 4.13. The average molecular weight is 167 g/mol. The van der Waals surface area contributed by atoms with Crippen LogP contribution in [0.2, 0.25) is 0 Å². The molecule has 0 bridgehead atoms. The molecule has 68 valence electrons. The summed E-state index contributed by atoms with van der Waals surface area (Å²) in [5.74, 6) is 0.933. The Morgan fingerprint density at radius 2 is 1.92 bits per heavy atom. The smallest absolute Gasteiger partial charge is 0.136 e. The highest BCUT2D eigenvalue weighted by molar-refractivity contribution is 5.28. The van der Waals surface area contributed by atoms with E-state index < -0.39 is 0 Å². The van der Waals surface area contributed by atoms with Crippen LogP contribution in [0.15, 0.2) is 12.3 Å². The molecule has 0 aliphatic rings. The molecule has 0 amide bonds. The molecule has 0 aliphatic carbocycles. The van der Waals surface area contributed by atoms with Crippen molar-refractivity contribution in [1.29, 1.82) is 0 Å². The summed E-state index contributed by atoms with van der Waals surface area (Å²) in [6.07, 6.45) is 2.00. The zero-order chi connectivity index (χ0) is 9.35. The largest absolute Gasteiger partial charge is 0.495 e. The zero-order valence-electron chi connectivity index (χ0n) is 8.51. The van der Waals surface area contributed by atoms with Gasteiger partial charge >= 0.3 is 0 Å². The number of hydrogen-bond acceptors (Lipinski definition) is 1. The highest BCUT2D eigenvalue weighted by atomic mass is 16.5. The number of aryl methyl sites for hydroxylation is 1. The average Bonchev–Trinajstić information content (AvgIpc) is 2.29. The maximum atomic E-state index is 5.15. The molecule has 2 heteroatoms. The van der Waals surface area contributed by atoms with Gasteiger partial charge in [-0.25, -0.2) is 0 Å². The Balaban J connectivity index is 3.08. The third-order valence-electron chi connectivity index (χ3n) is 1.98. The van der Waals surface area contributed by atoms with Crippen LogP contribution < -0.4 is 4.74 Å². The summed E-state index contributed by atoms with van der Waals surface area (Å²) in [7, 11) is 3.74. The zero-order valence-corrected chi connectivity index (χ0v) is 8.51. The lowest BCUT2D eigenvalue weighted by molar-refractivity contribution is 0.414. The number of aromatic nitrogens is 1. The summed E-state index contributed by atoms with van der Waals surface area (Å²) >= 11 is 0. The summed E-state index contributed by atoms with van der Waals surface area (Å²) in [6.45, 7) is 6.59. The van der Waals surface area contributed by atoms with Crippen molar-refractivity contribution < 1.29 is 4.74 Å². The molecule has 1 aromatic rings. The molecule has 12 heavy (non-hydrogen) atoms. The van der Waals surface area contributed by atoms with Crippen molar-refractivity contribution >= 4 is 0 Å². The van der Waals surface area contributed by atoms with Crippen LogP contribution in [0.3, 0.4) is 0 Å². The van der Waals surface area contributed by atoms with Crippen molar-refractivity contribution in [3.05, 3.63) is 18.0 Å². The van der Waals surface area contributed by atoms with E-state index in [1.165, 1.54) is 5.69 Å². The van der Waals surface area contributed by atoms with Gasteiger partial charge in [-0.1, -0.05) is 20.8 Å². The number of methoxy groups -OCH3 is 1. The maximum absolute atomic E-state index is 5.15. The molecule has 0 fully saturated rings. The molecule has 0 saturated carbocycles. The lowest BCUT2D eigenvalue weighted by Gasteiger charge is -2.18. The molecule has 1 rings (SSSR count). The Morgan fingerprint density at radius 3 is 2.17 bits per heavy atom. The fraction of sp³-hybridized carbons (Fsp3) is 0.600. The Hall–Kier alpha value is -0.920. The number of nitrogens with zero attached hydrogens (tertiary/aromatic N) is 1. The van der Waals surface area contributed by atoms with E-state index in [1.54, 1.807) is 7.11 Å². The van der Waals surface area contributed by atoms with E-state index in [9.17, 15) is 0 Å². The lowest BCUT2D eigenvalue weighted by atomic mass is 9.92. The number of rotatable bonds is 1. The van der Waals surface area contributed by atoms with Gasteiger partial charge in [-0.15, -0.1) is 0 Å². The monoisotopic (exact) mass is 167 g/mol. The van der Waals surface area contributed by atoms with E-state index in [2.05, 4.69) is 31.4 Å². The summed E-state index contributed by atoms with van der Waals surface area (Å²) in [6, 6.07) is 2.08. The summed E-state index contributed by atoms with van der Waals surface area (Å²) in [5, 5.41) is 0. The van der Waals surface area contributed by atoms with E-state index in [0.717, 1.165) is 5.75 Å². The lowest BCUT2D eigenvalue weighted by Crippen LogP contribution is -2.15. The first kappa shape index (κ1) is 9.17. The van der Waals surface area contributed by atoms with Crippen LogP contribution in [-0.4, -0.2) is 11.7 Å². The summed E-state index contributed by atoms with van der Waals surface area (Å²) in [5.41, 5.74) is 1.48. The normalized spacial score (nSPS) is 11.8.